The largest absolute Gasteiger partial charge is 0.309 e. The first-order valence-corrected chi connectivity index (χ1v) is 12.3. The summed E-state index contributed by atoms with van der Waals surface area (Å²) in [5, 5.41) is 13.5. The van der Waals surface area contributed by atoms with Crippen LogP contribution >= 0.6 is 23.1 Å². The summed E-state index contributed by atoms with van der Waals surface area (Å²) in [6, 6.07) is 14.4. The highest BCUT2D eigenvalue weighted by molar-refractivity contribution is 7.98. The van der Waals surface area contributed by atoms with E-state index < -0.39 is 0 Å². The molecule has 5 rings (SSSR count). The van der Waals surface area contributed by atoms with Gasteiger partial charge < -0.3 is 4.98 Å². The Labute approximate surface area is 198 Å². The van der Waals surface area contributed by atoms with Gasteiger partial charge in [-0.2, -0.15) is 4.68 Å². The van der Waals surface area contributed by atoms with E-state index in [1.807, 2.05) is 26.0 Å². The summed E-state index contributed by atoms with van der Waals surface area (Å²) >= 11 is 2.99. The predicted octanol–water partition coefficient (Wildman–Crippen LogP) is 5.15. The van der Waals surface area contributed by atoms with Crippen molar-refractivity contribution in [2.24, 2.45) is 0 Å². The summed E-state index contributed by atoms with van der Waals surface area (Å²) in [4.78, 5) is 22.6. The van der Waals surface area contributed by atoms with Crippen LogP contribution in [0.4, 0.5) is 0 Å². The zero-order valence-electron chi connectivity index (χ0n) is 18.7. The number of aromatic nitrogens is 6. The minimum absolute atomic E-state index is 0.121. The van der Waals surface area contributed by atoms with E-state index >= 15 is 0 Å². The van der Waals surface area contributed by atoms with Crippen LogP contribution in [0.25, 0.3) is 27.0 Å². The SMILES string of the molecule is Cc1ccc(-c2c(C)sc3nc(CSc4nnnn4-c4ccc(C)cc4C)[nH]c(=O)c23)cc1. The van der Waals surface area contributed by atoms with Gasteiger partial charge >= 0.3 is 0 Å². The quantitative estimate of drug-likeness (QED) is 0.354. The van der Waals surface area contributed by atoms with Crippen molar-refractivity contribution in [3.8, 4) is 16.8 Å². The van der Waals surface area contributed by atoms with E-state index in [0.29, 0.717) is 22.1 Å². The lowest BCUT2D eigenvalue weighted by molar-refractivity contribution is 0.751. The molecule has 7 nitrogen and oxygen atoms in total. The molecular formula is C24H22N6OS2. The lowest BCUT2D eigenvalue weighted by atomic mass is 10.0. The van der Waals surface area contributed by atoms with Crippen LogP contribution in [0.5, 0.6) is 0 Å². The van der Waals surface area contributed by atoms with Gasteiger partial charge in [-0.05, 0) is 55.3 Å². The Morgan fingerprint density at radius 2 is 1.79 bits per heavy atom. The van der Waals surface area contributed by atoms with Crippen molar-refractivity contribution in [1.82, 2.24) is 30.2 Å². The summed E-state index contributed by atoms with van der Waals surface area (Å²) in [6.45, 7) is 8.18. The Bertz CT molecular complexity index is 1530. The van der Waals surface area contributed by atoms with Gasteiger partial charge in [0.2, 0.25) is 5.16 Å². The lowest BCUT2D eigenvalue weighted by Gasteiger charge is -2.08. The van der Waals surface area contributed by atoms with Gasteiger partial charge in [-0.1, -0.05) is 59.3 Å². The van der Waals surface area contributed by atoms with Crippen molar-refractivity contribution in [2.75, 3.05) is 0 Å². The molecule has 1 N–H and O–H groups in total. The van der Waals surface area contributed by atoms with Gasteiger partial charge in [-0.25, -0.2) is 4.98 Å². The molecule has 2 aromatic carbocycles. The smallest absolute Gasteiger partial charge is 0.260 e. The number of aryl methyl sites for hydroxylation is 4. The molecule has 0 bridgehead atoms. The number of thiophene rings is 1. The summed E-state index contributed by atoms with van der Waals surface area (Å²) in [7, 11) is 0. The predicted molar refractivity (Wildman–Crippen MR) is 133 cm³/mol. The van der Waals surface area contributed by atoms with Gasteiger partial charge in [0.25, 0.3) is 5.56 Å². The molecule has 0 amide bonds. The number of nitrogens with zero attached hydrogens (tertiary/aromatic N) is 5. The summed E-state index contributed by atoms with van der Waals surface area (Å²) in [5.74, 6) is 1.05. The van der Waals surface area contributed by atoms with Crippen molar-refractivity contribution in [3.05, 3.63) is 80.2 Å². The van der Waals surface area contributed by atoms with Crippen molar-refractivity contribution >= 4 is 33.3 Å². The number of nitrogens with one attached hydrogen (secondary N) is 1. The Morgan fingerprint density at radius 1 is 1.03 bits per heavy atom. The summed E-state index contributed by atoms with van der Waals surface area (Å²) < 4.78 is 1.72. The monoisotopic (exact) mass is 474 g/mol. The Kier molecular flexibility index (Phi) is 5.59. The molecule has 0 aliphatic rings. The Hall–Kier alpha value is -3.30. The fourth-order valence-electron chi connectivity index (χ4n) is 3.90. The molecule has 0 spiro atoms. The molecule has 0 unspecified atom stereocenters. The highest BCUT2D eigenvalue weighted by atomic mass is 32.2. The van der Waals surface area contributed by atoms with Gasteiger partial charge in [0.05, 0.1) is 16.8 Å². The first-order chi connectivity index (χ1) is 15.9. The molecule has 0 aliphatic heterocycles. The highest BCUT2D eigenvalue weighted by Crippen LogP contribution is 2.36. The molecule has 3 heterocycles. The molecular weight excluding hydrogens is 452 g/mol. The normalized spacial score (nSPS) is 11.4. The number of benzene rings is 2. The molecule has 9 heteroatoms. The maximum Gasteiger partial charge on any atom is 0.260 e. The van der Waals surface area contributed by atoms with Gasteiger partial charge in [0, 0.05) is 10.4 Å². The molecule has 0 aliphatic carbocycles. The summed E-state index contributed by atoms with van der Waals surface area (Å²) in [6.07, 6.45) is 0. The molecule has 166 valence electrons. The number of hydrogen-bond donors (Lipinski definition) is 1. The number of rotatable bonds is 5. The average molecular weight is 475 g/mol. The van der Waals surface area contributed by atoms with E-state index in [0.717, 1.165) is 32.1 Å². The number of hydrogen-bond acceptors (Lipinski definition) is 7. The minimum Gasteiger partial charge on any atom is -0.309 e. The molecule has 0 radical (unpaired) electrons. The highest BCUT2D eigenvalue weighted by Gasteiger charge is 2.18. The second-order valence-corrected chi connectivity index (χ2v) is 10.2. The molecule has 0 saturated carbocycles. The van der Waals surface area contributed by atoms with Crippen LogP contribution in [0.2, 0.25) is 0 Å². The molecule has 0 saturated heterocycles. The molecule has 0 fully saturated rings. The van der Waals surface area contributed by atoms with Crippen LogP contribution in [0.3, 0.4) is 0 Å². The number of fused-ring (bicyclic) bond motifs is 1. The second kappa shape index (κ2) is 8.57. The van der Waals surface area contributed by atoms with E-state index in [9.17, 15) is 4.79 Å². The van der Waals surface area contributed by atoms with Crippen LogP contribution in [-0.2, 0) is 5.75 Å². The topological polar surface area (TPSA) is 89.3 Å². The minimum atomic E-state index is -0.121. The van der Waals surface area contributed by atoms with Crippen molar-refractivity contribution in [1.29, 1.82) is 0 Å². The number of thioether (sulfide) groups is 1. The van der Waals surface area contributed by atoms with E-state index in [-0.39, 0.29) is 5.56 Å². The standard InChI is InChI=1S/C24H22N6OS2/c1-13-5-8-17(9-6-13)20-16(4)33-23-21(20)22(31)25-19(26-23)12-32-24-27-28-29-30(24)18-10-7-14(2)11-15(18)3/h5-11H,12H2,1-4H3,(H,25,26,31). The van der Waals surface area contributed by atoms with E-state index in [2.05, 4.69) is 64.7 Å². The van der Waals surface area contributed by atoms with E-state index in [4.69, 9.17) is 4.98 Å². The van der Waals surface area contributed by atoms with Gasteiger partial charge in [0.15, 0.2) is 0 Å². The fourth-order valence-corrected chi connectivity index (χ4v) is 5.71. The average Bonchev–Trinajstić information content (AvgIpc) is 3.37. The van der Waals surface area contributed by atoms with Gasteiger partial charge in [-0.15, -0.1) is 16.4 Å². The van der Waals surface area contributed by atoms with Crippen molar-refractivity contribution < 1.29 is 0 Å². The lowest BCUT2D eigenvalue weighted by Crippen LogP contribution is -2.11. The second-order valence-electron chi connectivity index (χ2n) is 8.04. The maximum absolute atomic E-state index is 13.1. The van der Waals surface area contributed by atoms with Crippen molar-refractivity contribution in [3.63, 3.8) is 0 Å². The van der Waals surface area contributed by atoms with Crippen molar-refractivity contribution in [2.45, 2.75) is 38.6 Å². The van der Waals surface area contributed by atoms with Crippen LogP contribution in [-0.4, -0.2) is 30.2 Å². The van der Waals surface area contributed by atoms with E-state index in [1.165, 1.54) is 22.9 Å². The zero-order chi connectivity index (χ0) is 23.1. The third kappa shape index (κ3) is 4.09. The zero-order valence-corrected chi connectivity index (χ0v) is 20.3. The maximum atomic E-state index is 13.1. The summed E-state index contributed by atoms with van der Waals surface area (Å²) in [5.41, 5.74) is 6.27. The first kappa shape index (κ1) is 21.5. The molecule has 3 aromatic heterocycles. The third-order valence-electron chi connectivity index (χ3n) is 5.49. The number of aromatic amines is 1. The Morgan fingerprint density at radius 3 is 2.55 bits per heavy atom. The number of H-pyrrole nitrogens is 1. The molecule has 0 atom stereocenters. The van der Waals surface area contributed by atoms with Gasteiger partial charge in [-0.3, -0.25) is 4.79 Å². The van der Waals surface area contributed by atoms with Crippen LogP contribution in [0.1, 0.15) is 27.4 Å². The van der Waals surface area contributed by atoms with Crippen LogP contribution in [0, 0.1) is 27.7 Å². The fraction of sp³-hybridized carbons (Fsp3) is 0.208. The Balaban J connectivity index is 1.45. The number of tetrazole rings is 1. The molecule has 5 aromatic rings. The first-order valence-electron chi connectivity index (χ1n) is 10.5. The van der Waals surface area contributed by atoms with Gasteiger partial charge in [0.1, 0.15) is 10.7 Å². The van der Waals surface area contributed by atoms with Crippen LogP contribution < -0.4 is 5.56 Å². The van der Waals surface area contributed by atoms with Crippen LogP contribution in [0.15, 0.2) is 52.4 Å². The van der Waals surface area contributed by atoms with E-state index in [1.54, 1.807) is 16.0 Å². The third-order valence-corrected chi connectivity index (χ3v) is 7.42. The molecule has 33 heavy (non-hydrogen) atoms.